The van der Waals surface area contributed by atoms with E-state index in [1.807, 2.05) is 6.08 Å². The minimum Gasteiger partial charge on any atom is -0.463 e. The second-order valence-electron chi connectivity index (χ2n) is 3.96. The lowest BCUT2D eigenvalue weighted by Gasteiger charge is -2.22. The van der Waals surface area contributed by atoms with Gasteiger partial charge in [0.25, 0.3) is 0 Å². The molecule has 1 aliphatic heterocycles. The highest BCUT2D eigenvalue weighted by Gasteiger charge is 2.50. The van der Waals surface area contributed by atoms with Crippen molar-refractivity contribution in [1.29, 1.82) is 0 Å². The number of rotatable bonds is 2. The zero-order valence-electron chi connectivity index (χ0n) is 8.84. The summed E-state index contributed by atoms with van der Waals surface area (Å²) >= 11 is 0. The first-order valence-corrected chi connectivity index (χ1v) is 5.37. The Balaban J connectivity index is 2.24. The molecule has 0 radical (unpaired) electrons. The molecule has 1 atom stereocenters. The molecule has 0 saturated carbocycles. The average molecular weight is 209 g/mol. The van der Waals surface area contributed by atoms with E-state index < -0.39 is 5.41 Å². The molecule has 15 heavy (non-hydrogen) atoms. The van der Waals surface area contributed by atoms with Gasteiger partial charge >= 0.3 is 5.97 Å². The highest BCUT2D eigenvalue weighted by molar-refractivity contribution is 6.01. The van der Waals surface area contributed by atoms with Crippen molar-refractivity contribution in [3.05, 3.63) is 11.6 Å². The molecular weight excluding hydrogens is 194 g/mol. The van der Waals surface area contributed by atoms with E-state index in [1.165, 1.54) is 0 Å². The Bertz CT molecular complexity index is 335. The topological polar surface area (TPSA) is 55.4 Å². The molecule has 1 unspecified atom stereocenters. The minimum absolute atomic E-state index is 0.0145. The number of carbonyl (C=O) groups excluding carboxylic acids is 2. The van der Waals surface area contributed by atoms with E-state index in [0.29, 0.717) is 18.7 Å². The Morgan fingerprint density at radius 1 is 1.60 bits per heavy atom. The van der Waals surface area contributed by atoms with Gasteiger partial charge in [-0.25, -0.2) is 4.79 Å². The van der Waals surface area contributed by atoms with Gasteiger partial charge in [-0.05, 0) is 26.2 Å². The Morgan fingerprint density at radius 3 is 3.00 bits per heavy atom. The summed E-state index contributed by atoms with van der Waals surface area (Å²) in [6.07, 6.45) is 4.11. The normalized spacial score (nSPS) is 29.1. The van der Waals surface area contributed by atoms with Crippen LogP contribution >= 0.6 is 0 Å². The van der Waals surface area contributed by atoms with Crippen LogP contribution in [-0.4, -0.2) is 25.0 Å². The van der Waals surface area contributed by atoms with Crippen LogP contribution in [0.4, 0.5) is 0 Å². The molecule has 1 spiro atoms. The molecule has 4 nitrogen and oxygen atoms in total. The van der Waals surface area contributed by atoms with Gasteiger partial charge in [0.05, 0.1) is 12.0 Å². The lowest BCUT2D eigenvalue weighted by atomic mass is 9.79. The summed E-state index contributed by atoms with van der Waals surface area (Å²) in [5.74, 6) is -0.341. The molecule has 1 N–H and O–H groups in total. The highest BCUT2D eigenvalue weighted by atomic mass is 16.5. The van der Waals surface area contributed by atoms with E-state index in [2.05, 4.69) is 5.32 Å². The molecule has 0 aromatic heterocycles. The van der Waals surface area contributed by atoms with Crippen LogP contribution in [0.15, 0.2) is 11.6 Å². The average Bonchev–Trinajstić information content (AvgIpc) is 2.77. The van der Waals surface area contributed by atoms with Crippen LogP contribution in [0.3, 0.4) is 0 Å². The molecule has 4 heteroatoms. The lowest BCUT2D eigenvalue weighted by Crippen LogP contribution is -2.34. The largest absolute Gasteiger partial charge is 0.463 e. The van der Waals surface area contributed by atoms with E-state index in [0.717, 1.165) is 19.3 Å². The number of ether oxygens (including phenoxy) is 1. The monoisotopic (exact) mass is 209 g/mol. The molecule has 1 aliphatic carbocycles. The summed E-state index contributed by atoms with van der Waals surface area (Å²) in [5.41, 5.74) is -0.00829. The van der Waals surface area contributed by atoms with E-state index in [4.69, 9.17) is 4.74 Å². The predicted molar refractivity (Wildman–Crippen MR) is 54.0 cm³/mol. The van der Waals surface area contributed by atoms with Crippen molar-refractivity contribution in [2.24, 2.45) is 5.41 Å². The van der Waals surface area contributed by atoms with Gasteiger partial charge < -0.3 is 10.1 Å². The second kappa shape index (κ2) is 3.68. The smallest absolute Gasteiger partial charge is 0.334 e. The van der Waals surface area contributed by atoms with Crippen LogP contribution in [0.1, 0.15) is 26.2 Å². The highest BCUT2D eigenvalue weighted by Crippen LogP contribution is 2.44. The van der Waals surface area contributed by atoms with Crippen molar-refractivity contribution in [1.82, 2.24) is 5.32 Å². The zero-order chi connectivity index (χ0) is 10.9. The quantitative estimate of drug-likeness (QED) is 0.684. The maximum absolute atomic E-state index is 11.8. The molecule has 82 valence electrons. The summed E-state index contributed by atoms with van der Waals surface area (Å²) in [4.78, 5) is 23.4. The summed E-state index contributed by atoms with van der Waals surface area (Å²) < 4.78 is 4.97. The lowest BCUT2D eigenvalue weighted by molar-refractivity contribution is -0.141. The summed E-state index contributed by atoms with van der Waals surface area (Å²) in [6, 6.07) is 0. The van der Waals surface area contributed by atoms with Crippen molar-refractivity contribution >= 4 is 11.9 Å². The standard InChI is InChI=1S/C11H15NO3/c1-2-15-9(13)8-4-3-5-11(8)6-7-12-10(11)14/h4H,2-3,5-7H2,1H3,(H,12,14). The van der Waals surface area contributed by atoms with E-state index in [9.17, 15) is 9.59 Å². The van der Waals surface area contributed by atoms with Crippen LogP contribution in [0.25, 0.3) is 0 Å². The molecular formula is C11H15NO3. The number of amides is 1. The SMILES string of the molecule is CCOC(=O)C1=CCCC12CCNC2=O. The van der Waals surface area contributed by atoms with Gasteiger partial charge in [0.1, 0.15) is 0 Å². The van der Waals surface area contributed by atoms with E-state index in [1.54, 1.807) is 6.92 Å². The number of nitrogens with one attached hydrogen (secondary N) is 1. The van der Waals surface area contributed by atoms with Gasteiger partial charge in [-0.15, -0.1) is 0 Å². The van der Waals surface area contributed by atoms with Crippen LogP contribution in [0, 0.1) is 5.41 Å². The van der Waals surface area contributed by atoms with Gasteiger partial charge in [0.2, 0.25) is 5.91 Å². The van der Waals surface area contributed by atoms with Gasteiger partial charge in [-0.2, -0.15) is 0 Å². The van der Waals surface area contributed by atoms with Crippen molar-refractivity contribution in [3.8, 4) is 0 Å². The van der Waals surface area contributed by atoms with Crippen molar-refractivity contribution in [2.45, 2.75) is 26.2 Å². The molecule has 2 rings (SSSR count). The fourth-order valence-corrected chi connectivity index (χ4v) is 2.45. The van der Waals surface area contributed by atoms with Crippen molar-refractivity contribution in [2.75, 3.05) is 13.2 Å². The van der Waals surface area contributed by atoms with Gasteiger partial charge in [0, 0.05) is 12.1 Å². The number of carbonyl (C=O) groups is 2. The van der Waals surface area contributed by atoms with Gasteiger partial charge in [-0.1, -0.05) is 6.08 Å². The Kier molecular flexibility index (Phi) is 2.50. The summed E-state index contributed by atoms with van der Waals surface area (Å²) in [7, 11) is 0. The Labute approximate surface area is 88.7 Å². The Hall–Kier alpha value is -1.32. The number of allylic oxidation sites excluding steroid dienone is 1. The first-order valence-electron chi connectivity index (χ1n) is 5.37. The molecule has 2 aliphatic rings. The molecule has 0 aromatic rings. The predicted octanol–water partition coefficient (Wildman–Crippen LogP) is 0.776. The van der Waals surface area contributed by atoms with Crippen molar-refractivity contribution in [3.63, 3.8) is 0 Å². The van der Waals surface area contributed by atoms with Crippen LogP contribution < -0.4 is 5.32 Å². The molecule has 1 saturated heterocycles. The number of hydrogen-bond donors (Lipinski definition) is 1. The number of esters is 1. The minimum atomic E-state index is -0.577. The van der Waals surface area contributed by atoms with Crippen LogP contribution in [0.2, 0.25) is 0 Å². The van der Waals surface area contributed by atoms with Gasteiger partial charge in [0.15, 0.2) is 0 Å². The fourth-order valence-electron chi connectivity index (χ4n) is 2.45. The first kappa shape index (κ1) is 10.2. The third-order valence-electron chi connectivity index (χ3n) is 3.20. The molecule has 0 aromatic carbocycles. The van der Waals surface area contributed by atoms with E-state index in [-0.39, 0.29) is 11.9 Å². The van der Waals surface area contributed by atoms with Crippen LogP contribution in [0.5, 0.6) is 0 Å². The summed E-state index contributed by atoms with van der Waals surface area (Å²) in [6.45, 7) is 2.79. The summed E-state index contributed by atoms with van der Waals surface area (Å²) in [5, 5.41) is 2.79. The molecule has 1 amide bonds. The fraction of sp³-hybridized carbons (Fsp3) is 0.636. The Morgan fingerprint density at radius 2 is 2.40 bits per heavy atom. The molecule has 1 heterocycles. The number of hydrogen-bond acceptors (Lipinski definition) is 3. The van der Waals surface area contributed by atoms with E-state index >= 15 is 0 Å². The maximum atomic E-state index is 11.8. The van der Waals surface area contributed by atoms with Gasteiger partial charge in [-0.3, -0.25) is 4.79 Å². The third-order valence-corrected chi connectivity index (χ3v) is 3.20. The van der Waals surface area contributed by atoms with Crippen molar-refractivity contribution < 1.29 is 14.3 Å². The molecule has 0 bridgehead atoms. The van der Waals surface area contributed by atoms with Crippen LogP contribution in [-0.2, 0) is 14.3 Å². The zero-order valence-corrected chi connectivity index (χ0v) is 8.84. The second-order valence-corrected chi connectivity index (χ2v) is 3.96. The third kappa shape index (κ3) is 1.44. The molecule has 1 fully saturated rings. The first-order chi connectivity index (χ1) is 7.20. The maximum Gasteiger partial charge on any atom is 0.334 e.